The molecule has 80 valence electrons. The molecule has 1 saturated heterocycles. The average Bonchev–Trinajstić information content (AvgIpc) is 2.47. The number of aliphatic hydroxyl groups excluding tert-OH is 1. The van der Waals surface area contributed by atoms with E-state index in [0.717, 1.165) is 5.56 Å². The van der Waals surface area contributed by atoms with E-state index in [2.05, 4.69) is 0 Å². The van der Waals surface area contributed by atoms with Crippen molar-refractivity contribution < 1.29 is 9.90 Å². The molecule has 1 fully saturated rings. The summed E-state index contributed by atoms with van der Waals surface area (Å²) in [7, 11) is 1.71. The van der Waals surface area contributed by atoms with Crippen LogP contribution < -0.4 is 0 Å². The van der Waals surface area contributed by atoms with Crippen LogP contribution >= 0.6 is 11.6 Å². The van der Waals surface area contributed by atoms with Crippen molar-refractivity contribution in [3.8, 4) is 0 Å². The largest absolute Gasteiger partial charge is 0.383 e. The van der Waals surface area contributed by atoms with Gasteiger partial charge < -0.3 is 10.0 Å². The molecule has 0 aliphatic carbocycles. The maximum Gasteiger partial charge on any atom is 0.251 e. The molecular weight excluding hydrogens is 214 g/mol. The minimum Gasteiger partial charge on any atom is -0.383 e. The molecule has 0 radical (unpaired) electrons. The summed E-state index contributed by atoms with van der Waals surface area (Å²) in [6.07, 6.45) is -0.410. The van der Waals surface area contributed by atoms with Gasteiger partial charge in [0, 0.05) is 18.5 Å². The number of benzene rings is 1. The zero-order valence-electron chi connectivity index (χ0n) is 8.35. The molecule has 1 N–H and O–H groups in total. The monoisotopic (exact) mass is 225 g/mol. The molecule has 0 aromatic heterocycles. The number of halogens is 1. The standard InChI is InChI=1S/C11H12ClNO2/c1-13-9(6-10(14)11(13)15)7-2-4-8(12)5-3-7/h2-5,9-10,14H,6H2,1H3/t9-,10-/m1/s1. The molecule has 3 nitrogen and oxygen atoms in total. The van der Waals surface area contributed by atoms with Gasteiger partial charge in [0.25, 0.3) is 5.91 Å². The van der Waals surface area contributed by atoms with Crippen molar-refractivity contribution in [1.82, 2.24) is 4.90 Å². The van der Waals surface area contributed by atoms with E-state index in [9.17, 15) is 9.90 Å². The molecule has 2 atom stereocenters. The van der Waals surface area contributed by atoms with Gasteiger partial charge in [0.2, 0.25) is 0 Å². The van der Waals surface area contributed by atoms with Crippen LogP contribution in [0, 0.1) is 0 Å². The predicted octanol–water partition coefficient (Wildman–Crippen LogP) is 1.60. The third-order valence-corrected chi connectivity index (χ3v) is 3.05. The minimum atomic E-state index is -0.865. The number of nitrogens with zero attached hydrogens (tertiary/aromatic N) is 1. The van der Waals surface area contributed by atoms with Gasteiger partial charge >= 0.3 is 0 Å². The van der Waals surface area contributed by atoms with Gasteiger partial charge in [0.05, 0.1) is 6.04 Å². The van der Waals surface area contributed by atoms with Crippen molar-refractivity contribution in [2.45, 2.75) is 18.6 Å². The molecule has 0 spiro atoms. The third-order valence-electron chi connectivity index (χ3n) is 2.80. The number of amides is 1. The van der Waals surface area contributed by atoms with Crippen molar-refractivity contribution in [3.05, 3.63) is 34.9 Å². The molecule has 15 heavy (non-hydrogen) atoms. The first kappa shape index (κ1) is 10.5. The lowest BCUT2D eigenvalue weighted by Crippen LogP contribution is -2.26. The van der Waals surface area contributed by atoms with E-state index in [1.165, 1.54) is 0 Å². The lowest BCUT2D eigenvalue weighted by atomic mass is 10.0. The first-order valence-corrected chi connectivity index (χ1v) is 5.17. The molecule has 1 aromatic carbocycles. The highest BCUT2D eigenvalue weighted by atomic mass is 35.5. The Labute approximate surface area is 93.3 Å². The number of carbonyl (C=O) groups excluding carboxylic acids is 1. The van der Waals surface area contributed by atoms with Crippen LogP contribution in [0.5, 0.6) is 0 Å². The minimum absolute atomic E-state index is 0.0373. The van der Waals surface area contributed by atoms with Gasteiger partial charge in [-0.3, -0.25) is 4.79 Å². The number of aliphatic hydroxyl groups is 1. The molecule has 1 amide bonds. The first-order valence-electron chi connectivity index (χ1n) is 4.80. The zero-order valence-corrected chi connectivity index (χ0v) is 9.11. The van der Waals surface area contributed by atoms with Crippen molar-refractivity contribution in [3.63, 3.8) is 0 Å². The van der Waals surface area contributed by atoms with Gasteiger partial charge in [-0.05, 0) is 17.7 Å². The van der Waals surface area contributed by atoms with Crippen molar-refractivity contribution in [1.29, 1.82) is 0 Å². The number of hydrogen-bond donors (Lipinski definition) is 1. The maximum absolute atomic E-state index is 11.4. The van der Waals surface area contributed by atoms with Crippen LogP contribution in [0.3, 0.4) is 0 Å². The van der Waals surface area contributed by atoms with Crippen LogP contribution in [0.25, 0.3) is 0 Å². The summed E-state index contributed by atoms with van der Waals surface area (Å²) < 4.78 is 0. The van der Waals surface area contributed by atoms with Gasteiger partial charge in [-0.2, -0.15) is 0 Å². The number of likely N-dealkylation sites (N-methyl/N-ethyl adjacent to an activating group) is 1. The Hall–Kier alpha value is -1.06. The second-order valence-electron chi connectivity index (χ2n) is 3.77. The second kappa shape index (κ2) is 3.83. The van der Waals surface area contributed by atoms with Gasteiger partial charge in [0.15, 0.2) is 0 Å². The summed E-state index contributed by atoms with van der Waals surface area (Å²) in [5, 5.41) is 10.1. The smallest absolute Gasteiger partial charge is 0.251 e. The van der Waals surface area contributed by atoms with Crippen LogP contribution in [-0.4, -0.2) is 29.1 Å². The Morgan fingerprint density at radius 2 is 2.00 bits per heavy atom. The van der Waals surface area contributed by atoms with Crippen LogP contribution in [0.15, 0.2) is 24.3 Å². The van der Waals surface area contributed by atoms with Gasteiger partial charge in [-0.25, -0.2) is 0 Å². The van der Waals surface area contributed by atoms with E-state index < -0.39 is 6.10 Å². The SMILES string of the molecule is CN1C(=O)[C@H](O)C[C@@H]1c1ccc(Cl)cc1. The Bertz CT molecular complexity index is 377. The van der Waals surface area contributed by atoms with E-state index in [4.69, 9.17) is 11.6 Å². The van der Waals surface area contributed by atoms with Crippen LogP contribution in [0.4, 0.5) is 0 Å². The Balaban J connectivity index is 2.25. The topological polar surface area (TPSA) is 40.5 Å². The Morgan fingerprint density at radius 1 is 1.40 bits per heavy atom. The molecule has 0 bridgehead atoms. The molecule has 4 heteroatoms. The number of likely N-dealkylation sites (tertiary alicyclic amines) is 1. The van der Waals surface area contributed by atoms with E-state index in [1.54, 1.807) is 24.1 Å². The fraction of sp³-hybridized carbons (Fsp3) is 0.364. The Kier molecular flexibility index (Phi) is 2.67. The van der Waals surface area contributed by atoms with Crippen LogP contribution in [-0.2, 0) is 4.79 Å². The average molecular weight is 226 g/mol. The molecule has 1 heterocycles. The summed E-state index contributed by atoms with van der Waals surface area (Å²) in [5.41, 5.74) is 1.01. The lowest BCUT2D eigenvalue weighted by Gasteiger charge is -2.19. The molecule has 0 saturated carbocycles. The third kappa shape index (κ3) is 1.85. The van der Waals surface area contributed by atoms with Crippen LogP contribution in [0.1, 0.15) is 18.0 Å². The summed E-state index contributed by atoms with van der Waals surface area (Å²) in [5.74, 6) is -0.213. The molecule has 0 unspecified atom stereocenters. The summed E-state index contributed by atoms with van der Waals surface area (Å²) in [6.45, 7) is 0. The molecule has 1 aromatic rings. The highest BCUT2D eigenvalue weighted by molar-refractivity contribution is 6.30. The predicted molar refractivity (Wildman–Crippen MR) is 57.6 cm³/mol. The van der Waals surface area contributed by atoms with E-state index >= 15 is 0 Å². The van der Waals surface area contributed by atoms with E-state index in [-0.39, 0.29) is 11.9 Å². The van der Waals surface area contributed by atoms with Crippen molar-refractivity contribution in [2.24, 2.45) is 0 Å². The van der Waals surface area contributed by atoms with Gasteiger partial charge in [-0.1, -0.05) is 23.7 Å². The normalized spacial score (nSPS) is 26.1. The summed E-state index contributed by atoms with van der Waals surface area (Å²) in [4.78, 5) is 13.0. The fourth-order valence-corrected chi connectivity index (χ4v) is 2.03. The quantitative estimate of drug-likeness (QED) is 0.789. The van der Waals surface area contributed by atoms with E-state index in [1.807, 2.05) is 12.1 Å². The van der Waals surface area contributed by atoms with E-state index in [0.29, 0.717) is 11.4 Å². The van der Waals surface area contributed by atoms with Gasteiger partial charge in [0.1, 0.15) is 6.10 Å². The number of rotatable bonds is 1. The van der Waals surface area contributed by atoms with Gasteiger partial charge in [-0.15, -0.1) is 0 Å². The lowest BCUT2D eigenvalue weighted by molar-refractivity contribution is -0.134. The highest BCUT2D eigenvalue weighted by Gasteiger charge is 2.36. The molecular formula is C11H12ClNO2. The number of hydrogen-bond acceptors (Lipinski definition) is 2. The first-order chi connectivity index (χ1) is 7.09. The van der Waals surface area contributed by atoms with Crippen molar-refractivity contribution in [2.75, 3.05) is 7.05 Å². The fourth-order valence-electron chi connectivity index (χ4n) is 1.90. The summed E-state index contributed by atoms with van der Waals surface area (Å²) in [6, 6.07) is 7.31. The molecule has 2 rings (SSSR count). The van der Waals surface area contributed by atoms with Crippen molar-refractivity contribution >= 4 is 17.5 Å². The maximum atomic E-state index is 11.4. The number of carbonyl (C=O) groups is 1. The second-order valence-corrected chi connectivity index (χ2v) is 4.20. The highest BCUT2D eigenvalue weighted by Crippen LogP contribution is 2.31. The van der Waals surface area contributed by atoms with Crippen LogP contribution in [0.2, 0.25) is 5.02 Å². The molecule has 1 aliphatic heterocycles. The molecule has 1 aliphatic rings. The Morgan fingerprint density at radius 3 is 2.47 bits per heavy atom. The summed E-state index contributed by atoms with van der Waals surface area (Å²) >= 11 is 5.78. The zero-order chi connectivity index (χ0) is 11.0.